The van der Waals surface area contributed by atoms with Crippen LogP contribution in [-0.4, -0.2) is 14.1 Å². The van der Waals surface area contributed by atoms with Gasteiger partial charge < -0.3 is 4.42 Å². The van der Waals surface area contributed by atoms with Crippen LogP contribution in [0.5, 0.6) is 0 Å². The zero-order valence-electron chi connectivity index (χ0n) is 9.48. The second-order valence-corrected chi connectivity index (χ2v) is 4.34. The van der Waals surface area contributed by atoms with Crippen molar-refractivity contribution in [3.63, 3.8) is 0 Å². The van der Waals surface area contributed by atoms with Gasteiger partial charge in [0.1, 0.15) is 10.7 Å². The zero-order chi connectivity index (χ0) is 12.7. The van der Waals surface area contributed by atoms with Gasteiger partial charge in [0.25, 0.3) is 0 Å². The Morgan fingerprint density at radius 2 is 2.17 bits per heavy atom. The summed E-state index contributed by atoms with van der Waals surface area (Å²) in [6.45, 7) is 0.215. The van der Waals surface area contributed by atoms with E-state index in [4.69, 9.17) is 4.42 Å². The minimum atomic E-state index is -0.596. The van der Waals surface area contributed by atoms with E-state index >= 15 is 0 Å². The van der Waals surface area contributed by atoms with Crippen molar-refractivity contribution in [3.8, 4) is 0 Å². The fourth-order valence-corrected chi connectivity index (χ4v) is 1.90. The van der Waals surface area contributed by atoms with Crippen LogP contribution in [0, 0.1) is 10.1 Å². The Balaban J connectivity index is 1.83. The van der Waals surface area contributed by atoms with Gasteiger partial charge in [-0.25, -0.2) is 4.79 Å². The van der Waals surface area contributed by atoms with E-state index in [9.17, 15) is 14.9 Å². The van der Waals surface area contributed by atoms with E-state index in [1.807, 2.05) is 0 Å². The highest BCUT2D eigenvalue weighted by Gasteiger charge is 2.25. The van der Waals surface area contributed by atoms with Gasteiger partial charge >= 0.3 is 11.6 Å². The minimum absolute atomic E-state index is 0.100. The number of nitrogens with zero attached hydrogens (tertiary/aromatic N) is 3. The fraction of sp³-hybridized carbons (Fsp3) is 0.364. The predicted molar refractivity (Wildman–Crippen MR) is 61.4 cm³/mol. The lowest BCUT2D eigenvalue weighted by molar-refractivity contribution is -0.402. The zero-order valence-corrected chi connectivity index (χ0v) is 9.48. The van der Waals surface area contributed by atoms with Gasteiger partial charge in [-0.15, -0.1) is 0 Å². The number of nitro groups is 1. The highest BCUT2D eigenvalue weighted by Crippen LogP contribution is 2.33. The first-order valence-corrected chi connectivity index (χ1v) is 5.65. The summed E-state index contributed by atoms with van der Waals surface area (Å²) >= 11 is 0. The molecule has 7 nitrogen and oxygen atoms in total. The molecular weight excluding hydrogens is 238 g/mol. The molecule has 0 aliphatic heterocycles. The number of hydrogen-bond acceptors (Lipinski definition) is 4. The molecule has 94 valence electrons. The molecule has 0 amide bonds. The summed E-state index contributed by atoms with van der Waals surface area (Å²) in [7, 11) is 0. The van der Waals surface area contributed by atoms with Gasteiger partial charge in [0.15, 0.2) is 0 Å². The smallest absolute Gasteiger partial charge is 0.404 e. The number of aromatic nitrogens is 2. The Morgan fingerprint density at radius 3 is 2.78 bits per heavy atom. The molecule has 18 heavy (non-hydrogen) atoms. The second kappa shape index (κ2) is 3.86. The van der Waals surface area contributed by atoms with Gasteiger partial charge in [-0.3, -0.25) is 19.2 Å². The third-order valence-electron chi connectivity index (χ3n) is 2.97. The van der Waals surface area contributed by atoms with Gasteiger partial charge in [0, 0.05) is 18.4 Å². The molecule has 7 heteroatoms. The first-order chi connectivity index (χ1) is 8.65. The molecule has 0 N–H and O–H groups in total. The second-order valence-electron chi connectivity index (χ2n) is 4.34. The van der Waals surface area contributed by atoms with Gasteiger partial charge in [0.05, 0.1) is 12.6 Å². The summed E-state index contributed by atoms with van der Waals surface area (Å²) in [6, 6.07) is 3.13. The van der Waals surface area contributed by atoms with Crippen molar-refractivity contribution in [2.75, 3.05) is 0 Å². The van der Waals surface area contributed by atoms with Crippen LogP contribution in [0.25, 0.3) is 0 Å². The molecule has 2 aromatic rings. The lowest BCUT2D eigenvalue weighted by Gasteiger charge is -1.98. The summed E-state index contributed by atoms with van der Waals surface area (Å²) in [5, 5.41) is 10.5. The molecule has 1 aliphatic rings. The summed E-state index contributed by atoms with van der Waals surface area (Å²) < 4.78 is 8.20. The number of imidazole rings is 1. The monoisotopic (exact) mass is 249 g/mol. The maximum atomic E-state index is 11.9. The Hall–Kier alpha value is -2.31. The molecule has 0 aromatic carbocycles. The fourth-order valence-electron chi connectivity index (χ4n) is 1.90. The van der Waals surface area contributed by atoms with Crippen molar-refractivity contribution in [1.82, 2.24) is 9.13 Å². The lowest BCUT2D eigenvalue weighted by Crippen LogP contribution is -2.23. The van der Waals surface area contributed by atoms with E-state index in [0.29, 0.717) is 11.8 Å². The minimum Gasteiger partial charge on any atom is -0.404 e. The van der Waals surface area contributed by atoms with Crippen LogP contribution < -0.4 is 5.69 Å². The molecule has 0 saturated heterocycles. The van der Waals surface area contributed by atoms with Crippen molar-refractivity contribution in [2.45, 2.75) is 25.4 Å². The van der Waals surface area contributed by atoms with Crippen molar-refractivity contribution >= 4 is 5.88 Å². The SMILES string of the molecule is O=c1n(Cc2ccc([N+](=O)[O-])o2)ccn1C1CC1. The molecule has 1 aliphatic carbocycles. The van der Waals surface area contributed by atoms with Crippen molar-refractivity contribution in [2.24, 2.45) is 0 Å². The van der Waals surface area contributed by atoms with Gasteiger partial charge in [0.2, 0.25) is 0 Å². The Morgan fingerprint density at radius 1 is 1.39 bits per heavy atom. The molecule has 0 spiro atoms. The third kappa shape index (κ3) is 1.83. The first kappa shape index (κ1) is 10.8. The van der Waals surface area contributed by atoms with Crippen molar-refractivity contribution in [3.05, 3.63) is 50.9 Å². The van der Waals surface area contributed by atoms with Crippen molar-refractivity contribution in [1.29, 1.82) is 0 Å². The Bertz CT molecular complexity index is 647. The molecule has 2 heterocycles. The van der Waals surface area contributed by atoms with E-state index in [2.05, 4.69) is 0 Å². The largest absolute Gasteiger partial charge is 0.433 e. The normalized spacial score (nSPS) is 14.9. The summed E-state index contributed by atoms with van der Waals surface area (Å²) in [6.07, 6.45) is 5.50. The summed E-state index contributed by atoms with van der Waals surface area (Å²) in [5.41, 5.74) is -0.100. The van der Waals surface area contributed by atoms with Crippen LogP contribution in [0.15, 0.2) is 33.7 Å². The Labute approximate surface area is 101 Å². The number of hydrogen-bond donors (Lipinski definition) is 0. The quantitative estimate of drug-likeness (QED) is 0.607. The van der Waals surface area contributed by atoms with Gasteiger partial charge in [-0.05, 0) is 18.9 Å². The van der Waals surface area contributed by atoms with E-state index in [1.54, 1.807) is 17.0 Å². The molecule has 1 saturated carbocycles. The lowest BCUT2D eigenvalue weighted by atomic mass is 10.4. The molecule has 0 unspecified atom stereocenters. The molecule has 0 radical (unpaired) electrons. The Kier molecular flexibility index (Phi) is 2.32. The summed E-state index contributed by atoms with van der Waals surface area (Å²) in [4.78, 5) is 21.8. The predicted octanol–water partition coefficient (Wildman–Crippen LogP) is 1.53. The molecule has 0 atom stereocenters. The number of rotatable bonds is 4. The van der Waals surface area contributed by atoms with Crippen LogP contribution in [0.1, 0.15) is 24.6 Å². The van der Waals surface area contributed by atoms with Crippen LogP contribution >= 0.6 is 0 Å². The van der Waals surface area contributed by atoms with Gasteiger partial charge in [-0.1, -0.05) is 0 Å². The average molecular weight is 249 g/mol. The maximum Gasteiger partial charge on any atom is 0.433 e. The van der Waals surface area contributed by atoms with E-state index in [1.165, 1.54) is 16.7 Å². The topological polar surface area (TPSA) is 83.2 Å². The maximum absolute atomic E-state index is 11.9. The van der Waals surface area contributed by atoms with E-state index < -0.39 is 4.92 Å². The average Bonchev–Trinajstić information content (AvgIpc) is 2.95. The molecule has 0 bridgehead atoms. The highest BCUT2D eigenvalue weighted by atomic mass is 16.6. The molecule has 2 aromatic heterocycles. The van der Waals surface area contributed by atoms with Crippen LogP contribution in [0.4, 0.5) is 5.88 Å². The standard InChI is InChI=1S/C11H11N3O4/c15-11-12(5-6-13(11)8-1-2-8)7-9-3-4-10(18-9)14(16)17/h3-6,8H,1-2,7H2. The number of furan rings is 1. The summed E-state index contributed by atoms with van der Waals surface area (Å²) in [5.74, 6) is 0.0945. The first-order valence-electron chi connectivity index (χ1n) is 5.65. The highest BCUT2D eigenvalue weighted by molar-refractivity contribution is 5.18. The van der Waals surface area contributed by atoms with E-state index in [0.717, 1.165) is 12.8 Å². The van der Waals surface area contributed by atoms with Gasteiger partial charge in [-0.2, -0.15) is 0 Å². The molecular formula is C11H11N3O4. The van der Waals surface area contributed by atoms with Crippen LogP contribution in [0.2, 0.25) is 0 Å². The van der Waals surface area contributed by atoms with Crippen LogP contribution in [0.3, 0.4) is 0 Å². The molecule has 1 fully saturated rings. The third-order valence-corrected chi connectivity index (χ3v) is 2.97. The van der Waals surface area contributed by atoms with Crippen molar-refractivity contribution < 1.29 is 9.34 Å². The van der Waals surface area contributed by atoms with Crippen LogP contribution in [-0.2, 0) is 6.54 Å². The molecule has 3 rings (SSSR count). The van der Waals surface area contributed by atoms with E-state index in [-0.39, 0.29) is 18.1 Å².